The molecule has 3 aromatic rings. The third kappa shape index (κ3) is 5.19. The zero-order valence-corrected chi connectivity index (χ0v) is 17.4. The van der Waals surface area contributed by atoms with Crippen LogP contribution >= 0.6 is 0 Å². The van der Waals surface area contributed by atoms with E-state index in [4.69, 9.17) is 9.41 Å². The second kappa shape index (κ2) is 10.4. The average molecular weight is 389 g/mol. The fourth-order valence-corrected chi connectivity index (χ4v) is 3.24. The van der Waals surface area contributed by atoms with Gasteiger partial charge in [-0.15, -0.1) is 0 Å². The molecule has 1 aromatic carbocycles. The lowest BCUT2D eigenvalue weighted by Gasteiger charge is -2.12. The van der Waals surface area contributed by atoms with Crippen molar-refractivity contribution in [2.45, 2.75) is 46.5 Å². The molecule has 29 heavy (non-hydrogen) atoms. The molecule has 1 aliphatic rings. The number of allylic oxidation sites excluding steroid dienone is 5. The molecule has 0 amide bonds. The Labute approximate surface area is 172 Å². The maximum Gasteiger partial charge on any atom is 0.181 e. The third-order valence-corrected chi connectivity index (χ3v) is 4.82. The van der Waals surface area contributed by atoms with Gasteiger partial charge in [0.25, 0.3) is 0 Å². The summed E-state index contributed by atoms with van der Waals surface area (Å²) in [5, 5.41) is 6.90. The summed E-state index contributed by atoms with van der Waals surface area (Å²) in [6.07, 6.45) is 17.3. The van der Waals surface area contributed by atoms with E-state index < -0.39 is 0 Å². The normalized spacial score (nSPS) is 15.3. The summed E-state index contributed by atoms with van der Waals surface area (Å²) in [7, 11) is 0. The van der Waals surface area contributed by atoms with Crippen LogP contribution in [-0.2, 0) is 6.42 Å². The van der Waals surface area contributed by atoms with Crippen LogP contribution < -0.4 is 0 Å². The number of aryl methyl sites for hydroxylation is 1. The van der Waals surface area contributed by atoms with Crippen molar-refractivity contribution in [3.8, 4) is 0 Å². The van der Waals surface area contributed by atoms with E-state index in [0.29, 0.717) is 0 Å². The second-order valence-electron chi connectivity index (χ2n) is 6.55. The van der Waals surface area contributed by atoms with Crippen LogP contribution in [-0.4, -0.2) is 20.9 Å². The van der Waals surface area contributed by atoms with Crippen LogP contribution in [0.3, 0.4) is 0 Å². The summed E-state index contributed by atoms with van der Waals surface area (Å²) >= 11 is 0. The van der Waals surface area contributed by atoms with Gasteiger partial charge in [-0.3, -0.25) is 10.1 Å². The van der Waals surface area contributed by atoms with Crippen LogP contribution in [0.5, 0.6) is 0 Å². The van der Waals surface area contributed by atoms with Gasteiger partial charge in [-0.2, -0.15) is 5.10 Å². The van der Waals surface area contributed by atoms with Crippen LogP contribution in [0.2, 0.25) is 0 Å². The minimum atomic E-state index is 0.842. The number of rotatable bonds is 6. The fraction of sp³-hybridized carbons (Fsp3) is 0.292. The van der Waals surface area contributed by atoms with Gasteiger partial charge in [-0.05, 0) is 48.1 Å². The van der Waals surface area contributed by atoms with Gasteiger partial charge in [0.2, 0.25) is 0 Å². The summed E-state index contributed by atoms with van der Waals surface area (Å²) < 4.78 is 5.41. The van der Waals surface area contributed by atoms with Crippen molar-refractivity contribution >= 4 is 22.4 Å². The lowest BCUT2D eigenvalue weighted by molar-refractivity contribution is 0.601. The highest BCUT2D eigenvalue weighted by Crippen LogP contribution is 2.21. The largest absolute Gasteiger partial charge is 0.443 e. The number of benzene rings is 1. The van der Waals surface area contributed by atoms with Gasteiger partial charge in [-0.1, -0.05) is 45.1 Å². The number of H-pyrrole nitrogens is 1. The Kier molecular flexibility index (Phi) is 7.34. The Morgan fingerprint density at radius 2 is 2.17 bits per heavy atom. The molecule has 0 atom stereocenters. The van der Waals surface area contributed by atoms with E-state index in [1.54, 1.807) is 0 Å². The molecule has 4 rings (SSSR count). The van der Waals surface area contributed by atoms with Gasteiger partial charge in [0.15, 0.2) is 12.0 Å². The average Bonchev–Trinajstić information content (AvgIpc) is 3.47. The van der Waals surface area contributed by atoms with E-state index in [2.05, 4.69) is 52.5 Å². The minimum Gasteiger partial charge on any atom is -0.443 e. The quantitative estimate of drug-likeness (QED) is 0.540. The molecule has 2 heterocycles. The van der Waals surface area contributed by atoms with Crippen molar-refractivity contribution in [2.24, 2.45) is 4.99 Å². The Hall–Kier alpha value is -3.21. The van der Waals surface area contributed by atoms with E-state index in [-0.39, 0.29) is 0 Å². The zero-order valence-electron chi connectivity index (χ0n) is 17.4. The third-order valence-electron chi connectivity index (χ3n) is 4.82. The highest BCUT2D eigenvalue weighted by molar-refractivity contribution is 6.02. The minimum absolute atomic E-state index is 0.842. The Balaban J connectivity index is 0.00000117. The first kappa shape index (κ1) is 20.5. The highest BCUT2D eigenvalue weighted by atomic mass is 16.3. The summed E-state index contributed by atoms with van der Waals surface area (Å²) in [5.41, 5.74) is 7.69. The van der Waals surface area contributed by atoms with Gasteiger partial charge in [0.05, 0.1) is 6.20 Å². The number of hydrogen-bond acceptors (Lipinski definition) is 4. The number of oxazole rings is 1. The number of aliphatic imine (C=N–C) groups is 1. The first-order chi connectivity index (χ1) is 14.3. The van der Waals surface area contributed by atoms with E-state index in [0.717, 1.165) is 48.1 Å². The van der Waals surface area contributed by atoms with E-state index >= 15 is 0 Å². The van der Waals surface area contributed by atoms with Crippen molar-refractivity contribution in [3.63, 3.8) is 0 Å². The van der Waals surface area contributed by atoms with Crippen LogP contribution in [0.15, 0.2) is 76.4 Å². The SMILES string of the molecule is CC.CC/C(=C\N=C1CC=CC=C1CCc1ccc2ncoc2c1)c1cn[nH]c1. The first-order valence-electron chi connectivity index (χ1n) is 10.3. The Bertz CT molecular complexity index is 1040. The van der Waals surface area contributed by atoms with Gasteiger partial charge in [-0.25, -0.2) is 4.98 Å². The monoisotopic (exact) mass is 388 g/mol. The molecule has 2 aromatic heterocycles. The van der Waals surface area contributed by atoms with Crippen LogP contribution in [0.25, 0.3) is 16.7 Å². The summed E-state index contributed by atoms with van der Waals surface area (Å²) in [4.78, 5) is 8.98. The molecule has 0 fully saturated rings. The van der Waals surface area contributed by atoms with E-state index in [1.165, 1.54) is 23.1 Å². The highest BCUT2D eigenvalue weighted by Gasteiger charge is 2.10. The van der Waals surface area contributed by atoms with Crippen LogP contribution in [0, 0.1) is 0 Å². The Morgan fingerprint density at radius 1 is 1.28 bits per heavy atom. The molecule has 0 spiro atoms. The van der Waals surface area contributed by atoms with Crippen molar-refractivity contribution in [1.29, 1.82) is 0 Å². The maximum atomic E-state index is 5.41. The molecule has 150 valence electrons. The topological polar surface area (TPSA) is 67.1 Å². The number of aromatic nitrogens is 3. The maximum absolute atomic E-state index is 5.41. The van der Waals surface area contributed by atoms with Gasteiger partial charge < -0.3 is 4.42 Å². The Morgan fingerprint density at radius 3 is 2.97 bits per heavy atom. The number of hydrogen-bond donors (Lipinski definition) is 1. The summed E-state index contributed by atoms with van der Waals surface area (Å²) in [6.45, 7) is 6.14. The lowest BCUT2D eigenvalue weighted by atomic mass is 9.95. The summed E-state index contributed by atoms with van der Waals surface area (Å²) in [5.74, 6) is 0. The van der Waals surface area contributed by atoms with Crippen LogP contribution in [0.4, 0.5) is 0 Å². The molecule has 0 aliphatic heterocycles. The van der Waals surface area contributed by atoms with Gasteiger partial charge in [0.1, 0.15) is 5.52 Å². The molecular formula is C24H28N4O. The molecule has 5 heteroatoms. The van der Waals surface area contributed by atoms with Gasteiger partial charge >= 0.3 is 0 Å². The van der Waals surface area contributed by atoms with Crippen LogP contribution in [0.1, 0.15) is 51.2 Å². The predicted molar refractivity (Wildman–Crippen MR) is 120 cm³/mol. The van der Waals surface area contributed by atoms with E-state index in [1.807, 2.05) is 38.5 Å². The number of aromatic amines is 1. The molecule has 0 unspecified atom stereocenters. The fourth-order valence-electron chi connectivity index (χ4n) is 3.24. The molecule has 0 saturated heterocycles. The van der Waals surface area contributed by atoms with Gasteiger partial charge in [0, 0.05) is 30.1 Å². The van der Waals surface area contributed by atoms with Crippen molar-refractivity contribution in [2.75, 3.05) is 0 Å². The van der Waals surface area contributed by atoms with Crippen molar-refractivity contribution in [3.05, 3.63) is 78.1 Å². The summed E-state index contributed by atoms with van der Waals surface area (Å²) in [6, 6.07) is 6.21. The first-order valence-corrected chi connectivity index (χ1v) is 10.3. The standard InChI is InChI=1S/C22H22N4O.C2H6/c1-2-17(19-13-25-26-14-19)12-23-20-6-4-3-5-18(20)9-7-16-8-10-21-22(11-16)27-15-24-21;1-2/h3-5,8,10-15H,2,6-7,9H2,1H3,(H,25,26);1-2H3/b17-12+,23-20?;. The molecule has 1 aliphatic carbocycles. The van der Waals surface area contributed by atoms with Crippen molar-refractivity contribution in [1.82, 2.24) is 15.2 Å². The molecule has 1 N–H and O–H groups in total. The molecule has 0 bridgehead atoms. The number of fused-ring (bicyclic) bond motifs is 1. The predicted octanol–water partition coefficient (Wildman–Crippen LogP) is 6.29. The zero-order chi connectivity index (χ0) is 20.5. The van der Waals surface area contributed by atoms with E-state index in [9.17, 15) is 0 Å². The molecular weight excluding hydrogens is 360 g/mol. The lowest BCUT2D eigenvalue weighted by Crippen LogP contribution is -2.06. The molecule has 5 nitrogen and oxygen atoms in total. The second-order valence-corrected chi connectivity index (χ2v) is 6.55. The molecule has 0 saturated carbocycles. The number of nitrogens with zero attached hydrogens (tertiary/aromatic N) is 3. The van der Waals surface area contributed by atoms with Crippen molar-refractivity contribution < 1.29 is 4.42 Å². The number of nitrogens with one attached hydrogen (secondary N) is 1. The molecule has 0 radical (unpaired) electrons. The smallest absolute Gasteiger partial charge is 0.181 e.